The maximum Gasteiger partial charge on any atom is 0.185 e. The van der Waals surface area contributed by atoms with Gasteiger partial charge in [0.15, 0.2) is 5.90 Å². The zero-order valence-corrected chi connectivity index (χ0v) is 13.1. The predicted molar refractivity (Wildman–Crippen MR) is 91.5 cm³/mol. The first-order chi connectivity index (χ1) is 11.4. The molecule has 0 fully saturated rings. The van der Waals surface area contributed by atoms with E-state index >= 15 is 0 Å². The second-order valence-electron chi connectivity index (χ2n) is 5.61. The quantitative estimate of drug-likeness (QED) is 0.827. The van der Waals surface area contributed by atoms with Crippen molar-refractivity contribution < 1.29 is 9.84 Å². The number of hydrogen-bond acceptors (Lipinski definition) is 4. The van der Waals surface area contributed by atoms with E-state index in [9.17, 15) is 5.11 Å². The molecule has 2 aromatic rings. The monoisotopic (exact) mass is 310 g/mol. The topological polar surface area (TPSA) is 53.8 Å². The van der Waals surface area contributed by atoms with Crippen molar-refractivity contribution in [3.8, 4) is 0 Å². The third-order valence-electron chi connectivity index (χ3n) is 4.01. The molecule has 4 nitrogen and oxygen atoms in total. The summed E-state index contributed by atoms with van der Waals surface area (Å²) in [5.41, 5.74) is 2.28. The van der Waals surface area contributed by atoms with E-state index in [1.165, 1.54) is 5.56 Å². The molecule has 0 amide bonds. The number of rotatable bonds is 7. The molecule has 0 saturated heterocycles. The maximum absolute atomic E-state index is 9.54. The highest BCUT2D eigenvalue weighted by Crippen LogP contribution is 2.23. The van der Waals surface area contributed by atoms with Crippen LogP contribution in [0.25, 0.3) is 0 Å². The van der Waals surface area contributed by atoms with Gasteiger partial charge in [-0.3, -0.25) is 0 Å². The molecule has 0 spiro atoms. The smallest absolute Gasteiger partial charge is 0.185 e. The summed E-state index contributed by atoms with van der Waals surface area (Å²) in [5, 5.41) is 12.9. The first-order valence-electron chi connectivity index (χ1n) is 8.00. The van der Waals surface area contributed by atoms with Crippen molar-refractivity contribution in [2.75, 3.05) is 19.8 Å². The molecule has 0 bridgehead atoms. The fourth-order valence-electron chi connectivity index (χ4n) is 2.73. The van der Waals surface area contributed by atoms with Gasteiger partial charge in [-0.2, -0.15) is 0 Å². The highest BCUT2D eigenvalue weighted by Gasteiger charge is 2.20. The molecular weight excluding hydrogens is 288 g/mol. The van der Waals surface area contributed by atoms with Gasteiger partial charge in [0.1, 0.15) is 12.6 Å². The van der Waals surface area contributed by atoms with Gasteiger partial charge in [0.2, 0.25) is 0 Å². The molecule has 0 aliphatic carbocycles. The molecule has 2 aromatic carbocycles. The third-order valence-corrected chi connectivity index (χ3v) is 4.01. The molecule has 23 heavy (non-hydrogen) atoms. The van der Waals surface area contributed by atoms with Crippen molar-refractivity contribution in [2.45, 2.75) is 18.5 Å². The van der Waals surface area contributed by atoms with E-state index < -0.39 is 0 Å². The van der Waals surface area contributed by atoms with E-state index in [-0.39, 0.29) is 18.7 Å². The number of benzene rings is 2. The van der Waals surface area contributed by atoms with Crippen LogP contribution in [0, 0.1) is 0 Å². The SMILES string of the molecule is OC[C@H](NCCC1=N[C@H](c2ccccc2)CO1)c1ccccc1. The van der Waals surface area contributed by atoms with Gasteiger partial charge in [0, 0.05) is 13.0 Å². The number of ether oxygens (including phenoxy) is 1. The van der Waals surface area contributed by atoms with Crippen LogP contribution in [0.15, 0.2) is 65.7 Å². The normalized spacial score (nSPS) is 18.3. The van der Waals surface area contributed by atoms with E-state index in [4.69, 9.17) is 4.74 Å². The van der Waals surface area contributed by atoms with Crippen molar-refractivity contribution in [3.05, 3.63) is 71.8 Å². The van der Waals surface area contributed by atoms with Crippen molar-refractivity contribution in [3.63, 3.8) is 0 Å². The largest absolute Gasteiger partial charge is 0.478 e. The first-order valence-corrected chi connectivity index (χ1v) is 8.00. The Hall–Kier alpha value is -2.17. The van der Waals surface area contributed by atoms with Crippen LogP contribution < -0.4 is 5.32 Å². The van der Waals surface area contributed by atoms with Gasteiger partial charge in [-0.25, -0.2) is 4.99 Å². The number of hydrogen-bond donors (Lipinski definition) is 2. The number of aliphatic hydroxyl groups is 1. The van der Waals surface area contributed by atoms with Crippen LogP contribution in [0.1, 0.15) is 29.6 Å². The van der Waals surface area contributed by atoms with Crippen molar-refractivity contribution in [1.29, 1.82) is 0 Å². The molecule has 3 rings (SSSR count). The summed E-state index contributed by atoms with van der Waals surface area (Å²) in [5.74, 6) is 0.788. The minimum Gasteiger partial charge on any atom is -0.478 e. The molecule has 2 N–H and O–H groups in total. The lowest BCUT2D eigenvalue weighted by molar-refractivity contribution is 0.244. The number of aliphatic imine (C=N–C) groups is 1. The van der Waals surface area contributed by atoms with Gasteiger partial charge in [-0.1, -0.05) is 60.7 Å². The Morgan fingerprint density at radius 2 is 1.78 bits per heavy atom. The third kappa shape index (κ3) is 4.18. The summed E-state index contributed by atoms with van der Waals surface area (Å²) in [6.07, 6.45) is 0.729. The lowest BCUT2D eigenvalue weighted by Gasteiger charge is -2.16. The highest BCUT2D eigenvalue weighted by atomic mass is 16.5. The molecule has 0 radical (unpaired) electrons. The van der Waals surface area contributed by atoms with Gasteiger partial charge in [0.25, 0.3) is 0 Å². The van der Waals surface area contributed by atoms with Gasteiger partial charge in [-0.05, 0) is 11.1 Å². The molecule has 1 aliphatic heterocycles. The van der Waals surface area contributed by atoms with E-state index in [1.54, 1.807) is 0 Å². The number of aliphatic hydroxyl groups excluding tert-OH is 1. The van der Waals surface area contributed by atoms with Gasteiger partial charge in [-0.15, -0.1) is 0 Å². The van der Waals surface area contributed by atoms with Crippen molar-refractivity contribution >= 4 is 5.90 Å². The zero-order valence-electron chi connectivity index (χ0n) is 13.1. The van der Waals surface area contributed by atoms with Gasteiger partial charge in [0.05, 0.1) is 12.6 Å². The summed E-state index contributed by atoms with van der Waals surface area (Å²) in [6.45, 7) is 1.41. The maximum atomic E-state index is 9.54. The van der Waals surface area contributed by atoms with Gasteiger partial charge >= 0.3 is 0 Å². The van der Waals surface area contributed by atoms with Crippen LogP contribution in [0.3, 0.4) is 0 Å². The summed E-state index contributed by atoms with van der Waals surface area (Å²) in [7, 11) is 0. The van der Waals surface area contributed by atoms with E-state index in [0.29, 0.717) is 6.61 Å². The highest BCUT2D eigenvalue weighted by molar-refractivity contribution is 5.78. The van der Waals surface area contributed by atoms with Crippen molar-refractivity contribution in [1.82, 2.24) is 5.32 Å². The summed E-state index contributed by atoms with van der Waals surface area (Å²) < 4.78 is 5.69. The molecule has 4 heteroatoms. The van der Waals surface area contributed by atoms with Crippen LogP contribution in [-0.2, 0) is 4.74 Å². The van der Waals surface area contributed by atoms with E-state index in [2.05, 4.69) is 22.4 Å². The fraction of sp³-hybridized carbons (Fsp3) is 0.316. The van der Waals surface area contributed by atoms with Gasteiger partial charge < -0.3 is 15.2 Å². The Morgan fingerprint density at radius 3 is 2.48 bits per heavy atom. The first kappa shape index (κ1) is 15.7. The zero-order chi connectivity index (χ0) is 15.9. The molecule has 1 heterocycles. The summed E-state index contributed by atoms with van der Waals surface area (Å²) >= 11 is 0. The van der Waals surface area contributed by atoms with Crippen LogP contribution in [0.2, 0.25) is 0 Å². The Balaban J connectivity index is 1.51. The van der Waals surface area contributed by atoms with Crippen LogP contribution >= 0.6 is 0 Å². The van der Waals surface area contributed by atoms with E-state index in [1.807, 2.05) is 48.5 Å². The second-order valence-corrected chi connectivity index (χ2v) is 5.61. The average Bonchev–Trinajstić information content (AvgIpc) is 3.09. The number of nitrogens with zero attached hydrogens (tertiary/aromatic N) is 1. The minimum absolute atomic E-state index is 0.0527. The predicted octanol–water partition coefficient (Wildman–Crippen LogP) is 2.87. The van der Waals surface area contributed by atoms with E-state index in [0.717, 1.165) is 24.4 Å². The van der Waals surface area contributed by atoms with Crippen LogP contribution in [-0.4, -0.2) is 30.8 Å². The molecule has 1 aliphatic rings. The Morgan fingerprint density at radius 1 is 1.09 bits per heavy atom. The molecule has 0 aromatic heterocycles. The molecule has 2 atom stereocenters. The summed E-state index contributed by atoms with van der Waals surface area (Å²) in [6, 6.07) is 20.2. The van der Waals surface area contributed by atoms with Crippen molar-refractivity contribution in [2.24, 2.45) is 4.99 Å². The standard InChI is InChI=1S/C19H22N2O2/c22-13-17(15-7-3-1-4-8-15)20-12-11-19-21-18(14-23-19)16-9-5-2-6-10-16/h1-10,17-18,20,22H,11-14H2/t17-,18-/m0/s1. The lowest BCUT2D eigenvalue weighted by atomic mass is 10.1. The Labute approximate surface area is 136 Å². The molecular formula is C19H22N2O2. The summed E-state index contributed by atoms with van der Waals surface area (Å²) in [4.78, 5) is 4.65. The number of nitrogens with one attached hydrogen (secondary N) is 1. The lowest BCUT2D eigenvalue weighted by Crippen LogP contribution is -2.26. The molecule has 0 unspecified atom stereocenters. The molecule has 120 valence electrons. The second kappa shape index (κ2) is 7.90. The van der Waals surface area contributed by atoms with Crippen LogP contribution in [0.5, 0.6) is 0 Å². The Kier molecular flexibility index (Phi) is 5.40. The Bertz CT molecular complexity index is 628. The minimum atomic E-state index is -0.0527. The van der Waals surface area contributed by atoms with Crippen LogP contribution in [0.4, 0.5) is 0 Å². The average molecular weight is 310 g/mol. The molecule has 0 saturated carbocycles. The fourth-order valence-corrected chi connectivity index (χ4v) is 2.73.